The maximum absolute atomic E-state index is 12.5. The van der Waals surface area contributed by atoms with Crippen LogP contribution in [0, 0.1) is 6.92 Å². The van der Waals surface area contributed by atoms with Crippen molar-refractivity contribution in [1.29, 1.82) is 0 Å². The van der Waals surface area contributed by atoms with Crippen LogP contribution in [0.1, 0.15) is 50.5 Å². The maximum Gasteiger partial charge on any atom is 0.243 e. The van der Waals surface area contributed by atoms with Gasteiger partial charge in [0.15, 0.2) is 0 Å². The number of carbonyl (C=O) groups is 2. The zero-order chi connectivity index (χ0) is 18.9. The fourth-order valence-electron chi connectivity index (χ4n) is 3.48. The van der Waals surface area contributed by atoms with Gasteiger partial charge in [-0.1, -0.05) is 49.8 Å². The van der Waals surface area contributed by atoms with E-state index in [1.54, 1.807) is 7.05 Å². The van der Waals surface area contributed by atoms with Crippen molar-refractivity contribution >= 4 is 17.5 Å². The number of benzene rings is 1. The van der Waals surface area contributed by atoms with E-state index in [1.807, 2.05) is 38.2 Å². The lowest BCUT2D eigenvalue weighted by atomic mass is 9.96. The second-order valence-electron chi connectivity index (χ2n) is 7.58. The van der Waals surface area contributed by atoms with E-state index in [2.05, 4.69) is 10.2 Å². The molecule has 1 fully saturated rings. The van der Waals surface area contributed by atoms with Crippen molar-refractivity contribution in [3.05, 3.63) is 29.8 Å². The van der Waals surface area contributed by atoms with Crippen LogP contribution in [0.4, 0.5) is 5.69 Å². The van der Waals surface area contributed by atoms with Crippen molar-refractivity contribution < 1.29 is 9.59 Å². The Labute approximate surface area is 157 Å². The van der Waals surface area contributed by atoms with Crippen molar-refractivity contribution in [3.63, 3.8) is 0 Å². The van der Waals surface area contributed by atoms with Crippen LogP contribution >= 0.6 is 0 Å². The molecule has 5 nitrogen and oxygen atoms in total. The molecule has 0 bridgehead atoms. The third-order valence-corrected chi connectivity index (χ3v) is 5.22. The summed E-state index contributed by atoms with van der Waals surface area (Å²) in [5.41, 5.74) is 1.90. The second-order valence-corrected chi connectivity index (χ2v) is 7.58. The molecular formula is C21H33N3O2. The fourth-order valence-corrected chi connectivity index (χ4v) is 3.48. The van der Waals surface area contributed by atoms with Crippen molar-refractivity contribution in [3.8, 4) is 0 Å². The summed E-state index contributed by atoms with van der Waals surface area (Å²) >= 11 is 0. The molecule has 5 heteroatoms. The predicted octanol–water partition coefficient (Wildman–Crippen LogP) is 3.44. The number of anilines is 1. The number of likely N-dealkylation sites (N-methyl/N-ethyl adjacent to an activating group) is 2. The van der Waals surface area contributed by atoms with E-state index in [0.29, 0.717) is 12.6 Å². The van der Waals surface area contributed by atoms with Crippen LogP contribution < -0.4 is 5.32 Å². The Morgan fingerprint density at radius 2 is 1.54 bits per heavy atom. The number of hydrogen-bond acceptors (Lipinski definition) is 3. The van der Waals surface area contributed by atoms with Crippen LogP contribution in [-0.2, 0) is 9.59 Å². The van der Waals surface area contributed by atoms with Gasteiger partial charge in [-0.2, -0.15) is 0 Å². The minimum absolute atomic E-state index is 0.00591. The van der Waals surface area contributed by atoms with E-state index >= 15 is 0 Å². The molecule has 1 aliphatic carbocycles. The number of hydrogen-bond donors (Lipinski definition) is 1. The number of rotatable bonds is 6. The second kappa shape index (κ2) is 10.3. The van der Waals surface area contributed by atoms with E-state index in [4.69, 9.17) is 0 Å². The standard InChI is InChI=1S/C21H33N3O2/c1-17-11-13-18(14-12-17)22-20(25)15-24(3)21(26)16-23(2)19-9-7-5-4-6-8-10-19/h11-14,19H,4-10,15-16H2,1-3H3,(H,22,25). The van der Waals surface area contributed by atoms with Gasteiger partial charge in [0.2, 0.25) is 11.8 Å². The molecule has 26 heavy (non-hydrogen) atoms. The Morgan fingerprint density at radius 3 is 2.15 bits per heavy atom. The van der Waals surface area contributed by atoms with Crippen molar-refractivity contribution in [2.45, 2.75) is 57.9 Å². The number of aryl methyl sites for hydroxylation is 1. The molecule has 0 spiro atoms. The highest BCUT2D eigenvalue weighted by atomic mass is 16.2. The van der Waals surface area contributed by atoms with Crippen molar-refractivity contribution in [1.82, 2.24) is 9.80 Å². The number of nitrogens with one attached hydrogen (secondary N) is 1. The first-order valence-electron chi connectivity index (χ1n) is 9.76. The van der Waals surface area contributed by atoms with Gasteiger partial charge in [-0.25, -0.2) is 0 Å². The molecule has 1 saturated carbocycles. The van der Waals surface area contributed by atoms with E-state index in [0.717, 1.165) is 11.3 Å². The average Bonchev–Trinajstić information content (AvgIpc) is 2.56. The molecular weight excluding hydrogens is 326 g/mol. The summed E-state index contributed by atoms with van der Waals surface area (Å²) in [7, 11) is 3.73. The Kier molecular flexibility index (Phi) is 8.10. The molecule has 1 aliphatic rings. The van der Waals surface area contributed by atoms with Crippen LogP contribution in [0.15, 0.2) is 24.3 Å². The summed E-state index contributed by atoms with van der Waals surface area (Å²) in [4.78, 5) is 28.3. The van der Waals surface area contributed by atoms with E-state index in [1.165, 1.54) is 49.8 Å². The molecule has 0 aliphatic heterocycles. The first-order chi connectivity index (χ1) is 12.5. The highest BCUT2D eigenvalue weighted by Gasteiger charge is 2.21. The van der Waals surface area contributed by atoms with Gasteiger partial charge in [-0.3, -0.25) is 14.5 Å². The monoisotopic (exact) mass is 359 g/mol. The first-order valence-corrected chi connectivity index (χ1v) is 9.76. The van der Waals surface area contributed by atoms with Crippen LogP contribution in [0.3, 0.4) is 0 Å². The molecule has 2 amide bonds. The Morgan fingerprint density at radius 1 is 0.962 bits per heavy atom. The van der Waals surface area contributed by atoms with E-state index < -0.39 is 0 Å². The van der Waals surface area contributed by atoms with Crippen molar-refractivity contribution in [2.75, 3.05) is 32.5 Å². The maximum atomic E-state index is 12.5. The zero-order valence-electron chi connectivity index (χ0n) is 16.5. The highest BCUT2D eigenvalue weighted by Crippen LogP contribution is 2.20. The molecule has 144 valence electrons. The summed E-state index contributed by atoms with van der Waals surface area (Å²) < 4.78 is 0. The lowest BCUT2D eigenvalue weighted by Crippen LogP contribution is -2.43. The number of carbonyl (C=O) groups excluding carboxylic acids is 2. The number of amides is 2. The van der Waals surface area contributed by atoms with Gasteiger partial charge >= 0.3 is 0 Å². The topological polar surface area (TPSA) is 52.7 Å². The molecule has 0 heterocycles. The third-order valence-electron chi connectivity index (χ3n) is 5.22. The predicted molar refractivity (Wildman–Crippen MR) is 106 cm³/mol. The minimum Gasteiger partial charge on any atom is -0.335 e. The molecule has 1 aromatic rings. The van der Waals surface area contributed by atoms with Crippen LogP contribution in [0.25, 0.3) is 0 Å². The molecule has 0 atom stereocenters. The lowest BCUT2D eigenvalue weighted by molar-refractivity contribution is -0.134. The SMILES string of the molecule is Cc1ccc(NC(=O)CN(C)C(=O)CN(C)C2CCCCCCC2)cc1. The van der Waals surface area contributed by atoms with Gasteiger partial charge in [-0.05, 0) is 38.9 Å². The normalized spacial score (nSPS) is 16.0. The van der Waals surface area contributed by atoms with E-state index in [9.17, 15) is 9.59 Å². The van der Waals surface area contributed by atoms with Crippen LogP contribution in [0.5, 0.6) is 0 Å². The third kappa shape index (κ3) is 6.79. The summed E-state index contributed by atoms with van der Waals surface area (Å²) in [6, 6.07) is 8.13. The fraction of sp³-hybridized carbons (Fsp3) is 0.619. The Bertz CT molecular complexity index is 577. The Hall–Kier alpha value is -1.88. The summed E-state index contributed by atoms with van der Waals surface area (Å²) in [6.45, 7) is 2.45. The van der Waals surface area contributed by atoms with Gasteiger partial charge in [0.25, 0.3) is 0 Å². The quantitative estimate of drug-likeness (QED) is 0.846. The number of nitrogens with zero attached hydrogens (tertiary/aromatic N) is 2. The smallest absolute Gasteiger partial charge is 0.243 e. The highest BCUT2D eigenvalue weighted by molar-refractivity contribution is 5.94. The summed E-state index contributed by atoms with van der Waals surface area (Å²) in [5.74, 6) is -0.174. The van der Waals surface area contributed by atoms with Gasteiger partial charge in [0.1, 0.15) is 0 Å². The first kappa shape index (κ1) is 20.4. The van der Waals surface area contributed by atoms with Gasteiger partial charge in [0.05, 0.1) is 13.1 Å². The molecule has 0 saturated heterocycles. The molecule has 0 radical (unpaired) electrons. The molecule has 1 aromatic carbocycles. The molecule has 0 aromatic heterocycles. The molecule has 2 rings (SSSR count). The minimum atomic E-state index is -0.168. The van der Waals surface area contributed by atoms with Gasteiger partial charge in [0, 0.05) is 18.8 Å². The molecule has 0 unspecified atom stereocenters. The van der Waals surface area contributed by atoms with Crippen LogP contribution in [-0.4, -0.2) is 54.8 Å². The summed E-state index contributed by atoms with van der Waals surface area (Å²) in [5, 5.41) is 2.84. The van der Waals surface area contributed by atoms with Gasteiger partial charge in [-0.15, -0.1) is 0 Å². The van der Waals surface area contributed by atoms with Crippen LogP contribution in [0.2, 0.25) is 0 Å². The lowest BCUT2D eigenvalue weighted by Gasteiger charge is -2.30. The Balaban J connectivity index is 1.78. The average molecular weight is 360 g/mol. The van der Waals surface area contributed by atoms with Gasteiger partial charge < -0.3 is 10.2 Å². The van der Waals surface area contributed by atoms with E-state index in [-0.39, 0.29) is 18.4 Å². The largest absolute Gasteiger partial charge is 0.335 e. The molecule has 1 N–H and O–H groups in total. The summed E-state index contributed by atoms with van der Waals surface area (Å²) in [6.07, 6.45) is 8.78. The van der Waals surface area contributed by atoms with Crippen molar-refractivity contribution in [2.24, 2.45) is 0 Å². The zero-order valence-corrected chi connectivity index (χ0v) is 16.5.